The van der Waals surface area contributed by atoms with Crippen molar-refractivity contribution >= 4 is 39.9 Å². The second kappa shape index (κ2) is 4.92. The Bertz CT molecular complexity index is 793. The number of imidazole rings is 1. The number of aromatic carboxylic acids is 1. The molecule has 20 heavy (non-hydrogen) atoms. The normalized spacial score (nSPS) is 12.7. The zero-order valence-electron chi connectivity index (χ0n) is 10.6. The molecule has 2 heterocycles. The standard InChI is InChI=1S/C14H11ClN2O2S/c1-8(12-4-5-13(15)20-12)17-7-16-10-6-9(14(18)19)2-3-11(10)17/h2-8H,1H3,(H,18,19). The van der Waals surface area contributed by atoms with Gasteiger partial charge in [-0.2, -0.15) is 0 Å². The molecule has 1 atom stereocenters. The highest BCUT2D eigenvalue weighted by molar-refractivity contribution is 7.16. The second-order valence-electron chi connectivity index (χ2n) is 4.48. The molecule has 0 spiro atoms. The molecule has 3 rings (SSSR count). The zero-order chi connectivity index (χ0) is 14.3. The first kappa shape index (κ1) is 13.1. The van der Waals surface area contributed by atoms with Crippen LogP contribution in [0.5, 0.6) is 0 Å². The molecule has 0 aliphatic carbocycles. The third kappa shape index (κ3) is 2.19. The van der Waals surface area contributed by atoms with Gasteiger partial charge >= 0.3 is 5.97 Å². The second-order valence-corrected chi connectivity index (χ2v) is 6.22. The first-order chi connectivity index (χ1) is 9.56. The summed E-state index contributed by atoms with van der Waals surface area (Å²) in [6, 6.07) is 8.94. The molecule has 1 N–H and O–H groups in total. The number of carboxylic acid groups (broad SMARTS) is 1. The number of benzene rings is 1. The molecule has 0 aliphatic rings. The number of hydrogen-bond acceptors (Lipinski definition) is 3. The minimum Gasteiger partial charge on any atom is -0.478 e. The number of hydrogen-bond donors (Lipinski definition) is 1. The molecule has 3 aromatic rings. The van der Waals surface area contributed by atoms with E-state index >= 15 is 0 Å². The summed E-state index contributed by atoms with van der Waals surface area (Å²) < 4.78 is 2.77. The summed E-state index contributed by atoms with van der Waals surface area (Å²) in [4.78, 5) is 16.4. The zero-order valence-corrected chi connectivity index (χ0v) is 12.1. The lowest BCUT2D eigenvalue weighted by molar-refractivity contribution is 0.0697. The summed E-state index contributed by atoms with van der Waals surface area (Å²) in [7, 11) is 0. The van der Waals surface area contributed by atoms with Gasteiger partial charge in [0.25, 0.3) is 0 Å². The fraction of sp³-hybridized carbons (Fsp3) is 0.143. The van der Waals surface area contributed by atoms with Crippen LogP contribution in [0.4, 0.5) is 0 Å². The van der Waals surface area contributed by atoms with Gasteiger partial charge in [0.15, 0.2) is 0 Å². The predicted octanol–water partition coefficient (Wildman–Crippen LogP) is 4.06. The third-order valence-electron chi connectivity index (χ3n) is 3.24. The van der Waals surface area contributed by atoms with Crippen LogP contribution in [0.1, 0.15) is 28.2 Å². The summed E-state index contributed by atoms with van der Waals surface area (Å²) in [5.74, 6) is -0.945. The summed E-state index contributed by atoms with van der Waals surface area (Å²) in [5, 5.41) is 8.99. The Balaban J connectivity index is 2.06. The van der Waals surface area contributed by atoms with Crippen molar-refractivity contribution in [2.24, 2.45) is 0 Å². The molecule has 0 bridgehead atoms. The maximum Gasteiger partial charge on any atom is 0.335 e. The van der Waals surface area contributed by atoms with Gasteiger partial charge in [0.1, 0.15) is 0 Å². The quantitative estimate of drug-likeness (QED) is 0.794. The van der Waals surface area contributed by atoms with Crippen LogP contribution >= 0.6 is 22.9 Å². The Hall–Kier alpha value is -1.85. The van der Waals surface area contributed by atoms with Crippen LogP contribution in [0, 0.1) is 0 Å². The summed E-state index contributed by atoms with van der Waals surface area (Å²) in [6.45, 7) is 2.06. The SMILES string of the molecule is CC(c1ccc(Cl)s1)n1cnc2cc(C(=O)O)ccc21. The van der Waals surface area contributed by atoms with E-state index in [9.17, 15) is 4.79 Å². The molecule has 102 valence electrons. The molecule has 4 nitrogen and oxygen atoms in total. The lowest BCUT2D eigenvalue weighted by Gasteiger charge is -2.12. The van der Waals surface area contributed by atoms with Crippen molar-refractivity contribution < 1.29 is 9.90 Å². The van der Waals surface area contributed by atoms with Gasteiger partial charge < -0.3 is 9.67 Å². The lowest BCUT2D eigenvalue weighted by atomic mass is 10.2. The van der Waals surface area contributed by atoms with E-state index in [1.165, 1.54) is 11.3 Å². The van der Waals surface area contributed by atoms with E-state index in [1.54, 1.807) is 24.5 Å². The molecular formula is C14H11ClN2O2S. The van der Waals surface area contributed by atoms with E-state index < -0.39 is 5.97 Å². The first-order valence-electron chi connectivity index (χ1n) is 6.01. The molecule has 1 unspecified atom stereocenters. The topological polar surface area (TPSA) is 55.1 Å². The summed E-state index contributed by atoms with van der Waals surface area (Å²) in [5.41, 5.74) is 1.83. The van der Waals surface area contributed by atoms with Gasteiger partial charge in [-0.05, 0) is 37.3 Å². The van der Waals surface area contributed by atoms with Crippen LogP contribution in [0.3, 0.4) is 0 Å². The molecule has 0 radical (unpaired) electrons. The number of nitrogens with zero attached hydrogens (tertiary/aromatic N) is 2. The summed E-state index contributed by atoms with van der Waals surface area (Å²) >= 11 is 7.50. The number of aromatic nitrogens is 2. The van der Waals surface area contributed by atoms with Crippen molar-refractivity contribution in [3.63, 3.8) is 0 Å². The van der Waals surface area contributed by atoms with Crippen molar-refractivity contribution in [1.29, 1.82) is 0 Å². The molecule has 0 fully saturated rings. The largest absolute Gasteiger partial charge is 0.478 e. The van der Waals surface area contributed by atoms with Gasteiger partial charge in [0.2, 0.25) is 0 Å². The van der Waals surface area contributed by atoms with Crippen LogP contribution in [-0.4, -0.2) is 20.6 Å². The Morgan fingerprint density at radius 2 is 2.20 bits per heavy atom. The van der Waals surface area contributed by atoms with Crippen LogP contribution in [0.15, 0.2) is 36.7 Å². The molecule has 0 amide bonds. The van der Waals surface area contributed by atoms with Gasteiger partial charge in [0, 0.05) is 4.88 Å². The highest BCUT2D eigenvalue weighted by atomic mass is 35.5. The highest BCUT2D eigenvalue weighted by Crippen LogP contribution is 2.31. The van der Waals surface area contributed by atoms with E-state index in [2.05, 4.69) is 11.9 Å². The van der Waals surface area contributed by atoms with Crippen LogP contribution in [-0.2, 0) is 0 Å². The Morgan fingerprint density at radius 1 is 1.40 bits per heavy atom. The number of rotatable bonds is 3. The van der Waals surface area contributed by atoms with Crippen LogP contribution < -0.4 is 0 Å². The fourth-order valence-corrected chi connectivity index (χ4v) is 3.28. The van der Waals surface area contributed by atoms with Crippen molar-refractivity contribution in [2.45, 2.75) is 13.0 Å². The number of halogens is 1. The Morgan fingerprint density at radius 3 is 2.85 bits per heavy atom. The van der Waals surface area contributed by atoms with Crippen molar-refractivity contribution in [2.75, 3.05) is 0 Å². The number of carboxylic acids is 1. The number of fused-ring (bicyclic) bond motifs is 1. The molecule has 6 heteroatoms. The monoisotopic (exact) mass is 306 g/mol. The van der Waals surface area contributed by atoms with Crippen LogP contribution in [0.25, 0.3) is 11.0 Å². The molecule has 0 aliphatic heterocycles. The predicted molar refractivity (Wildman–Crippen MR) is 79.8 cm³/mol. The van der Waals surface area contributed by atoms with Gasteiger partial charge in [0.05, 0.1) is 33.3 Å². The third-order valence-corrected chi connectivity index (χ3v) is 4.65. The minimum absolute atomic E-state index is 0.105. The van der Waals surface area contributed by atoms with E-state index in [0.717, 1.165) is 14.7 Å². The maximum absolute atomic E-state index is 11.0. The van der Waals surface area contributed by atoms with Crippen molar-refractivity contribution in [3.8, 4) is 0 Å². The van der Waals surface area contributed by atoms with E-state index in [-0.39, 0.29) is 11.6 Å². The number of carbonyl (C=O) groups is 1. The fourth-order valence-electron chi connectivity index (χ4n) is 2.16. The molecule has 0 saturated carbocycles. The summed E-state index contributed by atoms with van der Waals surface area (Å²) in [6.07, 6.45) is 1.73. The van der Waals surface area contributed by atoms with Gasteiger partial charge in [-0.15, -0.1) is 11.3 Å². The van der Waals surface area contributed by atoms with E-state index in [4.69, 9.17) is 16.7 Å². The maximum atomic E-state index is 11.0. The van der Waals surface area contributed by atoms with Crippen LogP contribution in [0.2, 0.25) is 4.34 Å². The highest BCUT2D eigenvalue weighted by Gasteiger charge is 2.14. The first-order valence-corrected chi connectivity index (χ1v) is 7.21. The smallest absolute Gasteiger partial charge is 0.335 e. The van der Waals surface area contributed by atoms with Gasteiger partial charge in [-0.1, -0.05) is 11.6 Å². The van der Waals surface area contributed by atoms with E-state index in [0.29, 0.717) is 5.52 Å². The Labute approximate surface area is 124 Å². The molecular weight excluding hydrogens is 296 g/mol. The molecule has 1 aromatic carbocycles. The molecule has 0 saturated heterocycles. The average Bonchev–Trinajstić information content (AvgIpc) is 3.03. The van der Waals surface area contributed by atoms with E-state index in [1.807, 2.05) is 16.7 Å². The van der Waals surface area contributed by atoms with Gasteiger partial charge in [-0.25, -0.2) is 9.78 Å². The molecule has 2 aromatic heterocycles. The van der Waals surface area contributed by atoms with Gasteiger partial charge in [-0.3, -0.25) is 0 Å². The Kier molecular flexibility index (Phi) is 3.23. The minimum atomic E-state index is -0.945. The lowest BCUT2D eigenvalue weighted by Crippen LogP contribution is -2.03. The van der Waals surface area contributed by atoms with Crippen molar-refractivity contribution in [3.05, 3.63) is 51.4 Å². The number of thiophene rings is 1. The average molecular weight is 307 g/mol. The van der Waals surface area contributed by atoms with Crippen molar-refractivity contribution in [1.82, 2.24) is 9.55 Å².